The van der Waals surface area contributed by atoms with Crippen molar-refractivity contribution in [2.75, 3.05) is 10.6 Å². The maximum atomic E-state index is 11.4. The van der Waals surface area contributed by atoms with E-state index in [0.717, 1.165) is 0 Å². The Bertz CT molecular complexity index is 455. The van der Waals surface area contributed by atoms with Crippen LogP contribution in [0.4, 0.5) is 11.4 Å². The number of hydrogen-bond donors (Lipinski definition) is 3. The molecule has 19 heavy (non-hydrogen) atoms. The van der Waals surface area contributed by atoms with Gasteiger partial charge in [0.15, 0.2) is 0 Å². The van der Waals surface area contributed by atoms with E-state index < -0.39 is 5.60 Å². The minimum atomic E-state index is -0.869. The van der Waals surface area contributed by atoms with Gasteiger partial charge in [0.25, 0.3) is 0 Å². The number of carbonyl (C=O) groups excluding carboxylic acids is 1. The van der Waals surface area contributed by atoms with Crippen LogP contribution in [0.3, 0.4) is 0 Å². The molecule has 3 N–H and O–H groups in total. The van der Waals surface area contributed by atoms with Gasteiger partial charge >= 0.3 is 0 Å². The zero-order valence-corrected chi connectivity index (χ0v) is 12.5. The molecule has 0 aromatic heterocycles. The Morgan fingerprint density at radius 2 is 2.11 bits per heavy atom. The van der Waals surface area contributed by atoms with Crippen molar-refractivity contribution in [2.24, 2.45) is 0 Å². The van der Waals surface area contributed by atoms with Gasteiger partial charge in [-0.3, -0.25) is 4.79 Å². The van der Waals surface area contributed by atoms with Gasteiger partial charge in [-0.15, -0.1) is 0 Å². The SMILES string of the molecule is CCC(=O)Nc1ccc(Cl)c(NC(C)C(C)(C)O)c1. The highest BCUT2D eigenvalue weighted by Crippen LogP contribution is 2.27. The monoisotopic (exact) mass is 284 g/mol. The Morgan fingerprint density at radius 3 is 2.63 bits per heavy atom. The average molecular weight is 285 g/mol. The number of aliphatic hydroxyl groups is 1. The second kappa shape index (κ2) is 6.26. The summed E-state index contributed by atoms with van der Waals surface area (Å²) in [6.07, 6.45) is 0.422. The van der Waals surface area contributed by atoms with E-state index in [1.54, 1.807) is 39.0 Å². The molecule has 0 aliphatic heterocycles. The van der Waals surface area contributed by atoms with Gasteiger partial charge in [-0.05, 0) is 39.0 Å². The van der Waals surface area contributed by atoms with E-state index in [4.69, 9.17) is 11.6 Å². The first-order valence-electron chi connectivity index (χ1n) is 6.32. The summed E-state index contributed by atoms with van der Waals surface area (Å²) in [6, 6.07) is 5.04. The molecular formula is C14H21ClN2O2. The number of halogens is 1. The molecule has 1 aromatic rings. The number of anilines is 2. The molecule has 1 rings (SSSR count). The van der Waals surface area contributed by atoms with E-state index in [2.05, 4.69) is 10.6 Å². The van der Waals surface area contributed by atoms with Crippen molar-refractivity contribution in [3.8, 4) is 0 Å². The molecule has 1 unspecified atom stereocenters. The van der Waals surface area contributed by atoms with Crippen molar-refractivity contribution < 1.29 is 9.90 Å². The molecule has 0 aliphatic rings. The number of hydrogen-bond acceptors (Lipinski definition) is 3. The first-order chi connectivity index (χ1) is 8.74. The Kier molecular flexibility index (Phi) is 5.20. The third kappa shape index (κ3) is 4.73. The van der Waals surface area contributed by atoms with Gasteiger partial charge in [0.1, 0.15) is 0 Å². The Balaban J connectivity index is 2.88. The minimum Gasteiger partial charge on any atom is -0.388 e. The van der Waals surface area contributed by atoms with Crippen molar-refractivity contribution in [3.05, 3.63) is 23.2 Å². The largest absolute Gasteiger partial charge is 0.388 e. The Labute approximate surface area is 119 Å². The summed E-state index contributed by atoms with van der Waals surface area (Å²) in [5.74, 6) is -0.0520. The molecule has 5 heteroatoms. The van der Waals surface area contributed by atoms with Crippen LogP contribution in [-0.4, -0.2) is 22.7 Å². The Morgan fingerprint density at radius 1 is 1.47 bits per heavy atom. The van der Waals surface area contributed by atoms with Crippen LogP contribution in [-0.2, 0) is 4.79 Å². The maximum absolute atomic E-state index is 11.4. The predicted octanol–water partition coefficient (Wildman–Crippen LogP) is 3.26. The van der Waals surface area contributed by atoms with Crippen LogP contribution in [0, 0.1) is 0 Å². The molecule has 0 heterocycles. The quantitative estimate of drug-likeness (QED) is 0.778. The number of nitrogens with one attached hydrogen (secondary N) is 2. The van der Waals surface area contributed by atoms with Gasteiger partial charge < -0.3 is 15.7 Å². The summed E-state index contributed by atoms with van der Waals surface area (Å²) < 4.78 is 0. The van der Waals surface area contributed by atoms with E-state index in [9.17, 15) is 9.90 Å². The van der Waals surface area contributed by atoms with Crippen molar-refractivity contribution in [1.82, 2.24) is 0 Å². The number of benzene rings is 1. The lowest BCUT2D eigenvalue weighted by Crippen LogP contribution is -2.39. The first kappa shape index (κ1) is 15.8. The zero-order valence-electron chi connectivity index (χ0n) is 11.7. The molecule has 0 aliphatic carbocycles. The lowest BCUT2D eigenvalue weighted by atomic mass is 10.0. The third-order valence-corrected chi connectivity index (χ3v) is 3.33. The second-order valence-electron chi connectivity index (χ2n) is 5.12. The van der Waals surface area contributed by atoms with E-state index in [-0.39, 0.29) is 11.9 Å². The molecule has 0 spiro atoms. The molecule has 0 radical (unpaired) electrons. The predicted molar refractivity (Wildman–Crippen MR) is 79.8 cm³/mol. The summed E-state index contributed by atoms with van der Waals surface area (Å²) in [4.78, 5) is 11.4. The van der Waals surface area contributed by atoms with Crippen LogP contribution < -0.4 is 10.6 Å². The second-order valence-corrected chi connectivity index (χ2v) is 5.52. The first-order valence-corrected chi connectivity index (χ1v) is 6.70. The van der Waals surface area contributed by atoms with Gasteiger partial charge in [-0.25, -0.2) is 0 Å². The topological polar surface area (TPSA) is 61.4 Å². The van der Waals surface area contributed by atoms with Gasteiger partial charge in [-0.1, -0.05) is 18.5 Å². The summed E-state index contributed by atoms with van der Waals surface area (Å²) in [5.41, 5.74) is 0.498. The Hall–Kier alpha value is -1.26. The lowest BCUT2D eigenvalue weighted by molar-refractivity contribution is -0.115. The van der Waals surface area contributed by atoms with Crippen molar-refractivity contribution >= 4 is 28.9 Å². The molecule has 0 bridgehead atoms. The minimum absolute atomic E-state index is 0.0520. The van der Waals surface area contributed by atoms with Crippen molar-refractivity contribution in [3.63, 3.8) is 0 Å². The molecule has 1 atom stereocenters. The number of carbonyl (C=O) groups is 1. The van der Waals surface area contributed by atoms with Crippen LogP contribution in [0.5, 0.6) is 0 Å². The van der Waals surface area contributed by atoms with Crippen LogP contribution in [0.1, 0.15) is 34.1 Å². The fraction of sp³-hybridized carbons (Fsp3) is 0.500. The van der Waals surface area contributed by atoms with E-state index in [1.807, 2.05) is 6.92 Å². The van der Waals surface area contributed by atoms with Crippen molar-refractivity contribution in [1.29, 1.82) is 0 Å². The van der Waals surface area contributed by atoms with Crippen LogP contribution >= 0.6 is 11.6 Å². The zero-order chi connectivity index (χ0) is 14.6. The highest BCUT2D eigenvalue weighted by Gasteiger charge is 2.22. The van der Waals surface area contributed by atoms with Crippen LogP contribution in [0.2, 0.25) is 5.02 Å². The third-order valence-electron chi connectivity index (χ3n) is 3.00. The van der Waals surface area contributed by atoms with Gasteiger partial charge in [0, 0.05) is 12.1 Å². The maximum Gasteiger partial charge on any atom is 0.224 e. The normalized spacial score (nSPS) is 12.9. The summed E-state index contributed by atoms with van der Waals surface area (Å²) in [5, 5.41) is 16.4. The highest BCUT2D eigenvalue weighted by molar-refractivity contribution is 6.33. The molecule has 4 nitrogen and oxygen atoms in total. The molecule has 1 aromatic carbocycles. The van der Waals surface area contributed by atoms with E-state index >= 15 is 0 Å². The van der Waals surface area contributed by atoms with Crippen LogP contribution in [0.25, 0.3) is 0 Å². The highest BCUT2D eigenvalue weighted by atomic mass is 35.5. The van der Waals surface area contributed by atoms with E-state index in [0.29, 0.717) is 22.8 Å². The van der Waals surface area contributed by atoms with Gasteiger partial charge in [-0.2, -0.15) is 0 Å². The summed E-state index contributed by atoms with van der Waals surface area (Å²) >= 11 is 6.10. The fourth-order valence-electron chi connectivity index (χ4n) is 1.37. The van der Waals surface area contributed by atoms with Gasteiger partial charge in [0.2, 0.25) is 5.91 Å². The molecule has 0 saturated carbocycles. The van der Waals surface area contributed by atoms with Gasteiger partial charge in [0.05, 0.1) is 22.4 Å². The lowest BCUT2D eigenvalue weighted by Gasteiger charge is -2.28. The smallest absolute Gasteiger partial charge is 0.224 e. The fourth-order valence-corrected chi connectivity index (χ4v) is 1.54. The average Bonchev–Trinajstić information content (AvgIpc) is 2.32. The molecule has 0 fully saturated rings. The van der Waals surface area contributed by atoms with Crippen molar-refractivity contribution in [2.45, 2.75) is 45.8 Å². The van der Waals surface area contributed by atoms with Crippen LogP contribution in [0.15, 0.2) is 18.2 Å². The molecule has 106 valence electrons. The standard InChI is InChI=1S/C14H21ClN2O2/c1-5-13(18)17-10-6-7-11(15)12(8-10)16-9(2)14(3,4)19/h6-9,16,19H,5H2,1-4H3,(H,17,18). The van der Waals surface area contributed by atoms with E-state index in [1.165, 1.54) is 0 Å². The molecule has 0 saturated heterocycles. The molecule has 1 amide bonds. The molecular weight excluding hydrogens is 264 g/mol. The number of rotatable bonds is 5. The number of amides is 1. The summed E-state index contributed by atoms with van der Waals surface area (Å²) in [7, 11) is 0. The summed E-state index contributed by atoms with van der Waals surface area (Å²) in [6.45, 7) is 7.11.